The number of ether oxygens (including phenoxy) is 1. The van der Waals surface area contributed by atoms with Crippen molar-refractivity contribution >= 4 is 33.2 Å². The summed E-state index contributed by atoms with van der Waals surface area (Å²) in [6, 6.07) is 11.2. The van der Waals surface area contributed by atoms with E-state index < -0.39 is 15.9 Å². The van der Waals surface area contributed by atoms with Crippen molar-refractivity contribution in [1.82, 2.24) is 4.31 Å². The van der Waals surface area contributed by atoms with Crippen LogP contribution in [0.15, 0.2) is 47.4 Å². The standard InChI is InChI=1S/C21H27N3O5S/c1-5-24(6-2)30(27,28)18-11-10-15(3)19(13-18)21(26)23-17-9-7-8-16(12-17)22-20(25)14-29-4/h7-13H,5-6,14H2,1-4H3,(H,22,25)(H,23,26). The second-order valence-electron chi connectivity index (χ2n) is 6.58. The maximum absolute atomic E-state index is 12.8. The van der Waals surface area contributed by atoms with E-state index in [0.717, 1.165) is 0 Å². The van der Waals surface area contributed by atoms with E-state index in [0.29, 0.717) is 30.0 Å². The van der Waals surface area contributed by atoms with Gasteiger partial charge in [0.15, 0.2) is 0 Å². The molecule has 2 rings (SSSR count). The number of nitrogens with one attached hydrogen (secondary N) is 2. The first-order chi connectivity index (χ1) is 14.2. The van der Waals surface area contributed by atoms with E-state index in [4.69, 9.17) is 4.74 Å². The van der Waals surface area contributed by atoms with Gasteiger partial charge in [0.2, 0.25) is 15.9 Å². The highest BCUT2D eigenvalue weighted by molar-refractivity contribution is 7.89. The van der Waals surface area contributed by atoms with Crippen LogP contribution in [0.2, 0.25) is 0 Å². The van der Waals surface area contributed by atoms with E-state index in [1.165, 1.54) is 23.5 Å². The highest BCUT2D eigenvalue weighted by Gasteiger charge is 2.23. The summed E-state index contributed by atoms with van der Waals surface area (Å²) >= 11 is 0. The van der Waals surface area contributed by atoms with Gasteiger partial charge >= 0.3 is 0 Å². The summed E-state index contributed by atoms with van der Waals surface area (Å²) in [4.78, 5) is 24.6. The van der Waals surface area contributed by atoms with Crippen LogP contribution in [-0.2, 0) is 19.6 Å². The quantitative estimate of drug-likeness (QED) is 0.633. The van der Waals surface area contributed by atoms with E-state index in [1.54, 1.807) is 51.1 Å². The third kappa shape index (κ3) is 5.65. The van der Waals surface area contributed by atoms with Crippen LogP contribution in [0.5, 0.6) is 0 Å². The van der Waals surface area contributed by atoms with Gasteiger partial charge in [-0.3, -0.25) is 9.59 Å². The molecule has 0 bridgehead atoms. The predicted octanol–water partition coefficient (Wildman–Crippen LogP) is 2.86. The first-order valence-corrected chi connectivity index (χ1v) is 11.0. The molecule has 162 valence electrons. The Kier molecular flexibility index (Phi) is 8.10. The number of nitrogens with zero attached hydrogens (tertiary/aromatic N) is 1. The normalized spacial score (nSPS) is 11.4. The largest absolute Gasteiger partial charge is 0.375 e. The molecule has 0 spiro atoms. The van der Waals surface area contributed by atoms with Gasteiger partial charge in [-0.25, -0.2) is 8.42 Å². The van der Waals surface area contributed by atoms with Crippen molar-refractivity contribution in [3.8, 4) is 0 Å². The minimum Gasteiger partial charge on any atom is -0.375 e. The Hall–Kier alpha value is -2.75. The fraction of sp³-hybridized carbons (Fsp3) is 0.333. The summed E-state index contributed by atoms with van der Waals surface area (Å²) in [5.74, 6) is -0.754. The molecule has 0 unspecified atom stereocenters. The van der Waals surface area contributed by atoms with Crippen LogP contribution in [0.1, 0.15) is 29.8 Å². The van der Waals surface area contributed by atoms with Crippen molar-refractivity contribution in [1.29, 1.82) is 0 Å². The number of anilines is 2. The molecule has 0 heterocycles. The Morgan fingerprint density at radius 1 is 1.00 bits per heavy atom. The lowest BCUT2D eigenvalue weighted by Gasteiger charge is -2.19. The predicted molar refractivity (Wildman–Crippen MR) is 116 cm³/mol. The zero-order valence-corrected chi connectivity index (χ0v) is 18.4. The Morgan fingerprint density at radius 2 is 1.63 bits per heavy atom. The van der Waals surface area contributed by atoms with Gasteiger partial charge in [-0.05, 0) is 42.8 Å². The molecule has 0 atom stereocenters. The van der Waals surface area contributed by atoms with Crippen LogP contribution >= 0.6 is 0 Å². The number of aryl methyl sites for hydroxylation is 1. The maximum atomic E-state index is 12.8. The van der Waals surface area contributed by atoms with Crippen molar-refractivity contribution in [2.75, 3.05) is 37.4 Å². The van der Waals surface area contributed by atoms with Crippen molar-refractivity contribution in [3.05, 3.63) is 53.6 Å². The molecule has 2 aromatic rings. The minimum atomic E-state index is -3.68. The number of hydrogen-bond acceptors (Lipinski definition) is 5. The lowest BCUT2D eigenvalue weighted by Crippen LogP contribution is -2.30. The number of benzene rings is 2. The molecule has 0 fully saturated rings. The van der Waals surface area contributed by atoms with Gasteiger partial charge in [-0.1, -0.05) is 26.0 Å². The Morgan fingerprint density at radius 3 is 2.23 bits per heavy atom. The Labute approximate surface area is 177 Å². The molecule has 2 N–H and O–H groups in total. The van der Waals surface area contributed by atoms with Gasteiger partial charge in [0.1, 0.15) is 6.61 Å². The summed E-state index contributed by atoms with van der Waals surface area (Å²) in [5, 5.41) is 5.41. The van der Waals surface area contributed by atoms with Crippen LogP contribution < -0.4 is 10.6 Å². The second-order valence-corrected chi connectivity index (χ2v) is 8.52. The molecule has 0 aliphatic heterocycles. The average molecular weight is 434 g/mol. The maximum Gasteiger partial charge on any atom is 0.255 e. The molecule has 0 radical (unpaired) electrons. The van der Waals surface area contributed by atoms with Gasteiger partial charge in [0.25, 0.3) is 5.91 Å². The molecule has 0 saturated carbocycles. The first-order valence-electron chi connectivity index (χ1n) is 9.53. The monoisotopic (exact) mass is 433 g/mol. The first kappa shape index (κ1) is 23.5. The number of sulfonamides is 1. The number of amides is 2. The van der Waals surface area contributed by atoms with E-state index in [-0.39, 0.29) is 23.0 Å². The summed E-state index contributed by atoms with van der Waals surface area (Å²) < 4.78 is 31.7. The zero-order chi connectivity index (χ0) is 22.3. The van der Waals surface area contributed by atoms with Crippen molar-refractivity contribution < 1.29 is 22.7 Å². The molecule has 2 aromatic carbocycles. The van der Waals surface area contributed by atoms with E-state index >= 15 is 0 Å². The molecule has 0 aliphatic rings. The molecule has 0 aromatic heterocycles. The van der Waals surface area contributed by atoms with Gasteiger partial charge < -0.3 is 15.4 Å². The number of carbonyl (C=O) groups is 2. The van der Waals surface area contributed by atoms with Gasteiger partial charge in [0, 0.05) is 37.1 Å². The molecule has 0 aliphatic carbocycles. The molecular weight excluding hydrogens is 406 g/mol. The molecule has 0 saturated heterocycles. The van der Waals surface area contributed by atoms with Crippen molar-refractivity contribution in [3.63, 3.8) is 0 Å². The summed E-state index contributed by atoms with van der Waals surface area (Å²) in [6.07, 6.45) is 0. The fourth-order valence-corrected chi connectivity index (χ4v) is 4.40. The van der Waals surface area contributed by atoms with Crippen LogP contribution in [-0.4, -0.2) is 51.3 Å². The fourth-order valence-electron chi connectivity index (χ4n) is 2.92. The lowest BCUT2D eigenvalue weighted by molar-refractivity contribution is -0.119. The van der Waals surface area contributed by atoms with Crippen LogP contribution in [0, 0.1) is 6.92 Å². The molecule has 2 amide bonds. The molecule has 8 nitrogen and oxygen atoms in total. The third-order valence-corrected chi connectivity index (χ3v) is 6.52. The average Bonchev–Trinajstić information content (AvgIpc) is 2.69. The molecule has 30 heavy (non-hydrogen) atoms. The minimum absolute atomic E-state index is 0.0718. The lowest BCUT2D eigenvalue weighted by atomic mass is 10.1. The molecular formula is C21H27N3O5S. The number of methoxy groups -OCH3 is 1. The van der Waals surface area contributed by atoms with Crippen LogP contribution in [0.3, 0.4) is 0 Å². The van der Waals surface area contributed by atoms with Crippen molar-refractivity contribution in [2.45, 2.75) is 25.7 Å². The van der Waals surface area contributed by atoms with E-state index in [2.05, 4.69) is 10.6 Å². The zero-order valence-electron chi connectivity index (χ0n) is 17.6. The van der Waals surface area contributed by atoms with Crippen molar-refractivity contribution in [2.24, 2.45) is 0 Å². The van der Waals surface area contributed by atoms with Gasteiger partial charge in [0.05, 0.1) is 4.90 Å². The second kappa shape index (κ2) is 10.3. The van der Waals surface area contributed by atoms with E-state index in [9.17, 15) is 18.0 Å². The SMILES string of the molecule is CCN(CC)S(=O)(=O)c1ccc(C)c(C(=O)Nc2cccc(NC(=O)COC)c2)c1. The summed E-state index contributed by atoms with van der Waals surface area (Å²) in [6.45, 7) is 5.88. The smallest absolute Gasteiger partial charge is 0.255 e. The number of rotatable bonds is 9. The van der Waals surface area contributed by atoms with Gasteiger partial charge in [-0.2, -0.15) is 4.31 Å². The van der Waals surface area contributed by atoms with Crippen LogP contribution in [0.4, 0.5) is 11.4 Å². The summed E-state index contributed by atoms with van der Waals surface area (Å²) in [5.41, 5.74) is 1.88. The molecule has 9 heteroatoms. The Balaban J connectivity index is 2.27. The van der Waals surface area contributed by atoms with E-state index in [1.807, 2.05) is 0 Å². The van der Waals surface area contributed by atoms with Gasteiger partial charge in [-0.15, -0.1) is 0 Å². The third-order valence-electron chi connectivity index (χ3n) is 4.48. The van der Waals surface area contributed by atoms with Crippen LogP contribution in [0.25, 0.3) is 0 Å². The number of carbonyl (C=O) groups excluding carboxylic acids is 2. The topological polar surface area (TPSA) is 105 Å². The number of hydrogen-bond donors (Lipinski definition) is 2. The Bertz CT molecular complexity index is 1020. The summed E-state index contributed by atoms with van der Waals surface area (Å²) in [7, 11) is -2.25. The highest BCUT2D eigenvalue weighted by atomic mass is 32.2. The highest BCUT2D eigenvalue weighted by Crippen LogP contribution is 2.22.